The number of hydrogen-bond acceptors (Lipinski definition) is 3. The van der Waals surface area contributed by atoms with Crippen molar-refractivity contribution in [1.29, 1.82) is 0 Å². The minimum atomic E-state index is -0.467. The summed E-state index contributed by atoms with van der Waals surface area (Å²) in [6.07, 6.45) is 10.8. The summed E-state index contributed by atoms with van der Waals surface area (Å²) in [6.45, 7) is 6.02. The molecular formula is C19H30N2O2. The molecule has 1 saturated carbocycles. The van der Waals surface area contributed by atoms with Crippen molar-refractivity contribution in [2.24, 2.45) is 5.92 Å². The van der Waals surface area contributed by atoms with Crippen molar-refractivity contribution in [3.8, 4) is 0 Å². The molecule has 1 heterocycles. The Morgan fingerprint density at radius 3 is 2.61 bits per heavy atom. The first kappa shape index (κ1) is 17.8. The third kappa shape index (κ3) is 7.02. The molecule has 0 radical (unpaired) electrons. The van der Waals surface area contributed by atoms with Gasteiger partial charge in [0.15, 0.2) is 0 Å². The number of alkyl carbamates (subject to hydrolysis) is 1. The van der Waals surface area contributed by atoms with E-state index in [2.05, 4.69) is 16.4 Å². The second-order valence-electron chi connectivity index (χ2n) is 7.56. The highest BCUT2D eigenvalue weighted by molar-refractivity contribution is 5.67. The van der Waals surface area contributed by atoms with Gasteiger partial charge >= 0.3 is 6.09 Å². The van der Waals surface area contributed by atoms with Gasteiger partial charge < -0.3 is 10.1 Å². The van der Waals surface area contributed by atoms with Gasteiger partial charge in [-0.25, -0.2) is 4.79 Å². The Morgan fingerprint density at radius 2 is 2.00 bits per heavy atom. The van der Waals surface area contributed by atoms with Crippen LogP contribution >= 0.6 is 0 Å². The molecule has 23 heavy (non-hydrogen) atoms. The minimum Gasteiger partial charge on any atom is -0.444 e. The van der Waals surface area contributed by atoms with Gasteiger partial charge in [0, 0.05) is 18.4 Å². The first-order valence-corrected chi connectivity index (χ1v) is 8.83. The Bertz CT molecular complexity index is 485. The quantitative estimate of drug-likeness (QED) is 0.862. The van der Waals surface area contributed by atoms with E-state index in [9.17, 15) is 4.79 Å². The highest BCUT2D eigenvalue weighted by Gasteiger charge is 2.16. The third-order valence-electron chi connectivity index (χ3n) is 4.26. The van der Waals surface area contributed by atoms with Crippen LogP contribution in [0.4, 0.5) is 4.79 Å². The summed E-state index contributed by atoms with van der Waals surface area (Å²) in [6, 6.07) is 4.12. The summed E-state index contributed by atoms with van der Waals surface area (Å²) in [4.78, 5) is 16.1. The van der Waals surface area contributed by atoms with Gasteiger partial charge in [-0.05, 0) is 51.2 Å². The van der Waals surface area contributed by atoms with Gasteiger partial charge in [-0.1, -0.05) is 38.2 Å². The van der Waals surface area contributed by atoms with Crippen LogP contribution in [0, 0.1) is 5.92 Å². The number of nitrogens with zero attached hydrogens (tertiary/aromatic N) is 1. The average molecular weight is 318 g/mol. The normalized spacial score (nSPS) is 16.1. The zero-order chi connectivity index (χ0) is 16.7. The van der Waals surface area contributed by atoms with Crippen molar-refractivity contribution in [1.82, 2.24) is 10.3 Å². The lowest BCUT2D eigenvalue weighted by Crippen LogP contribution is -2.32. The Hall–Kier alpha value is -1.58. The minimum absolute atomic E-state index is 0.390. The molecule has 1 aromatic heterocycles. The number of nitrogens with one attached hydrogen (secondary N) is 1. The topological polar surface area (TPSA) is 51.2 Å². The standard InChI is InChI=1S/C19H30N2O2/c1-19(2,3)23-18(22)21-14-16-10-12-17(20-13-16)11-9-15-7-5-4-6-8-15/h10,12-13,15H,4-9,11,14H2,1-3H3,(H,21,22). The van der Waals surface area contributed by atoms with Gasteiger partial charge in [-0.15, -0.1) is 0 Å². The van der Waals surface area contributed by atoms with Gasteiger partial charge in [-0.3, -0.25) is 4.98 Å². The van der Waals surface area contributed by atoms with Crippen LogP contribution in [0.1, 0.15) is 70.6 Å². The smallest absolute Gasteiger partial charge is 0.407 e. The number of carbonyl (C=O) groups is 1. The molecular weight excluding hydrogens is 288 g/mol. The highest BCUT2D eigenvalue weighted by atomic mass is 16.6. The maximum Gasteiger partial charge on any atom is 0.407 e. The van der Waals surface area contributed by atoms with Gasteiger partial charge in [0.05, 0.1) is 0 Å². The van der Waals surface area contributed by atoms with Crippen LogP contribution < -0.4 is 5.32 Å². The molecule has 4 nitrogen and oxygen atoms in total. The molecule has 1 fully saturated rings. The Kier molecular flexibility index (Phi) is 6.43. The molecule has 1 aliphatic rings. The van der Waals surface area contributed by atoms with E-state index in [4.69, 9.17) is 4.74 Å². The third-order valence-corrected chi connectivity index (χ3v) is 4.26. The number of carbonyl (C=O) groups excluding carboxylic acids is 1. The molecule has 0 spiro atoms. The zero-order valence-electron chi connectivity index (χ0n) is 14.7. The fourth-order valence-electron chi connectivity index (χ4n) is 3.02. The predicted molar refractivity (Wildman–Crippen MR) is 92.2 cm³/mol. The van der Waals surface area contributed by atoms with Crippen LogP contribution in [-0.4, -0.2) is 16.7 Å². The molecule has 1 amide bonds. The summed E-state index contributed by atoms with van der Waals surface area (Å²) in [5, 5.41) is 2.76. The number of hydrogen-bond donors (Lipinski definition) is 1. The molecule has 0 atom stereocenters. The molecule has 0 aliphatic heterocycles. The van der Waals surface area contributed by atoms with E-state index in [1.165, 1.54) is 38.5 Å². The maximum atomic E-state index is 11.6. The lowest BCUT2D eigenvalue weighted by Gasteiger charge is -2.21. The second-order valence-corrected chi connectivity index (χ2v) is 7.56. The van der Waals surface area contributed by atoms with Crippen LogP contribution in [-0.2, 0) is 17.7 Å². The molecule has 4 heteroatoms. The van der Waals surface area contributed by atoms with Crippen LogP contribution in [0.2, 0.25) is 0 Å². The van der Waals surface area contributed by atoms with Crippen molar-refractivity contribution >= 4 is 6.09 Å². The van der Waals surface area contributed by atoms with Crippen molar-refractivity contribution in [2.45, 2.75) is 77.9 Å². The molecule has 128 valence electrons. The summed E-state index contributed by atoms with van der Waals surface area (Å²) in [5.74, 6) is 0.888. The average Bonchev–Trinajstić information content (AvgIpc) is 2.51. The lowest BCUT2D eigenvalue weighted by molar-refractivity contribution is 0.0523. The van der Waals surface area contributed by atoms with E-state index < -0.39 is 5.60 Å². The Labute approximate surface area is 140 Å². The monoisotopic (exact) mass is 318 g/mol. The van der Waals surface area contributed by atoms with Crippen molar-refractivity contribution < 1.29 is 9.53 Å². The van der Waals surface area contributed by atoms with Gasteiger partial charge in [-0.2, -0.15) is 0 Å². The second kappa shape index (κ2) is 8.32. The molecule has 1 aliphatic carbocycles. The van der Waals surface area contributed by atoms with E-state index in [-0.39, 0.29) is 6.09 Å². The Morgan fingerprint density at radius 1 is 1.26 bits per heavy atom. The number of pyridine rings is 1. The largest absolute Gasteiger partial charge is 0.444 e. The summed E-state index contributed by atoms with van der Waals surface area (Å²) in [7, 11) is 0. The van der Waals surface area contributed by atoms with E-state index in [0.29, 0.717) is 6.54 Å². The van der Waals surface area contributed by atoms with Gasteiger partial charge in [0.2, 0.25) is 0 Å². The fraction of sp³-hybridized carbons (Fsp3) is 0.684. The molecule has 0 unspecified atom stereocenters. The first-order valence-electron chi connectivity index (χ1n) is 8.83. The number of aromatic nitrogens is 1. The fourth-order valence-corrected chi connectivity index (χ4v) is 3.02. The van der Waals surface area contributed by atoms with Crippen molar-refractivity contribution in [2.75, 3.05) is 0 Å². The Balaban J connectivity index is 1.72. The van der Waals surface area contributed by atoms with Crippen LogP contribution in [0.5, 0.6) is 0 Å². The van der Waals surface area contributed by atoms with E-state index in [1.54, 1.807) is 0 Å². The van der Waals surface area contributed by atoms with Crippen LogP contribution in [0.25, 0.3) is 0 Å². The number of amides is 1. The van der Waals surface area contributed by atoms with Crippen LogP contribution in [0.15, 0.2) is 18.3 Å². The highest BCUT2D eigenvalue weighted by Crippen LogP contribution is 2.27. The summed E-state index contributed by atoms with van der Waals surface area (Å²) in [5.41, 5.74) is 1.68. The summed E-state index contributed by atoms with van der Waals surface area (Å²) >= 11 is 0. The number of aryl methyl sites for hydroxylation is 1. The van der Waals surface area contributed by atoms with Gasteiger partial charge in [0.25, 0.3) is 0 Å². The molecule has 1 aromatic rings. The zero-order valence-corrected chi connectivity index (χ0v) is 14.7. The molecule has 1 N–H and O–H groups in total. The number of ether oxygens (including phenoxy) is 1. The van der Waals surface area contributed by atoms with E-state index in [1.807, 2.05) is 33.0 Å². The van der Waals surface area contributed by atoms with Gasteiger partial charge in [0.1, 0.15) is 5.60 Å². The van der Waals surface area contributed by atoms with E-state index in [0.717, 1.165) is 23.6 Å². The SMILES string of the molecule is CC(C)(C)OC(=O)NCc1ccc(CCC2CCCCC2)nc1. The molecule has 0 aromatic carbocycles. The first-order chi connectivity index (χ1) is 10.9. The van der Waals surface area contributed by atoms with Crippen molar-refractivity contribution in [3.05, 3.63) is 29.6 Å². The lowest BCUT2D eigenvalue weighted by atomic mass is 9.86. The van der Waals surface area contributed by atoms with E-state index >= 15 is 0 Å². The molecule has 0 saturated heterocycles. The molecule has 0 bridgehead atoms. The van der Waals surface area contributed by atoms with Crippen molar-refractivity contribution in [3.63, 3.8) is 0 Å². The summed E-state index contributed by atoms with van der Waals surface area (Å²) < 4.78 is 5.22. The predicted octanol–water partition coefficient (Wildman–Crippen LogP) is 4.62. The number of rotatable bonds is 5. The molecule has 2 rings (SSSR count). The van der Waals surface area contributed by atoms with Crippen LogP contribution in [0.3, 0.4) is 0 Å². The maximum absolute atomic E-state index is 11.6.